The van der Waals surface area contributed by atoms with Crippen LogP contribution < -0.4 is 4.74 Å². The van der Waals surface area contributed by atoms with Crippen LogP contribution in [0.5, 0.6) is 5.88 Å². The van der Waals surface area contributed by atoms with Gasteiger partial charge >= 0.3 is 0 Å². The predicted octanol–water partition coefficient (Wildman–Crippen LogP) is 0.162. The second-order valence-electron chi connectivity index (χ2n) is 5.53. The van der Waals surface area contributed by atoms with E-state index in [4.69, 9.17) is 9.47 Å². The van der Waals surface area contributed by atoms with Gasteiger partial charge in [0, 0.05) is 38.0 Å². The zero-order valence-electron chi connectivity index (χ0n) is 12.7. The van der Waals surface area contributed by atoms with E-state index in [1.54, 1.807) is 35.2 Å². The van der Waals surface area contributed by atoms with Gasteiger partial charge in [0.1, 0.15) is 0 Å². The SMILES string of the molecule is COc1cc(C(=O)N2C[C@@H]3OCCC(=O)N(C)[C@H]3C2)ccn1. The Morgan fingerprint density at radius 1 is 1.45 bits per heavy atom. The van der Waals surface area contributed by atoms with Crippen LogP contribution in [0.4, 0.5) is 0 Å². The summed E-state index contributed by atoms with van der Waals surface area (Å²) in [5.74, 6) is 0.369. The van der Waals surface area contributed by atoms with Crippen LogP contribution in [-0.2, 0) is 9.53 Å². The topological polar surface area (TPSA) is 72.0 Å². The molecule has 2 aliphatic heterocycles. The van der Waals surface area contributed by atoms with E-state index in [-0.39, 0.29) is 24.0 Å². The van der Waals surface area contributed by atoms with E-state index < -0.39 is 0 Å². The average Bonchev–Trinajstić information content (AvgIpc) is 2.92. The molecule has 0 aliphatic carbocycles. The first kappa shape index (κ1) is 14.8. The Morgan fingerprint density at radius 2 is 2.27 bits per heavy atom. The number of nitrogens with zero attached hydrogens (tertiary/aromatic N) is 3. The molecule has 2 saturated heterocycles. The molecule has 118 valence electrons. The number of carbonyl (C=O) groups excluding carboxylic acids is 2. The van der Waals surface area contributed by atoms with Crippen LogP contribution in [0.1, 0.15) is 16.8 Å². The van der Waals surface area contributed by atoms with Gasteiger partial charge in [-0.15, -0.1) is 0 Å². The lowest BCUT2D eigenvalue weighted by Gasteiger charge is -2.25. The van der Waals surface area contributed by atoms with Gasteiger partial charge in [0.2, 0.25) is 11.8 Å². The van der Waals surface area contributed by atoms with Gasteiger partial charge in [-0.05, 0) is 6.07 Å². The molecule has 0 unspecified atom stereocenters. The standard InChI is InChI=1S/C15H19N3O4/c1-17-11-8-18(9-12(11)22-6-4-14(17)19)15(20)10-3-5-16-13(7-10)21-2/h3,5,7,11-12H,4,6,8-9H2,1-2H3/t11-,12-/m0/s1. The Hall–Kier alpha value is -2.15. The van der Waals surface area contributed by atoms with Crippen molar-refractivity contribution in [1.82, 2.24) is 14.8 Å². The molecule has 3 heterocycles. The molecule has 0 radical (unpaired) electrons. The number of pyridine rings is 1. The number of rotatable bonds is 2. The van der Waals surface area contributed by atoms with Crippen molar-refractivity contribution in [2.45, 2.75) is 18.6 Å². The number of amides is 2. The van der Waals surface area contributed by atoms with Gasteiger partial charge < -0.3 is 19.3 Å². The van der Waals surface area contributed by atoms with Gasteiger partial charge in [-0.3, -0.25) is 9.59 Å². The average molecular weight is 305 g/mol. The summed E-state index contributed by atoms with van der Waals surface area (Å²) in [7, 11) is 3.29. The number of methoxy groups -OCH3 is 1. The zero-order valence-corrected chi connectivity index (χ0v) is 12.7. The maximum absolute atomic E-state index is 12.6. The van der Waals surface area contributed by atoms with E-state index in [0.29, 0.717) is 37.6 Å². The van der Waals surface area contributed by atoms with Crippen LogP contribution in [-0.4, -0.2) is 72.6 Å². The molecular formula is C15H19N3O4. The fourth-order valence-electron chi connectivity index (χ4n) is 2.95. The summed E-state index contributed by atoms with van der Waals surface area (Å²) in [6.45, 7) is 1.39. The highest BCUT2D eigenvalue weighted by Gasteiger charge is 2.41. The molecule has 2 atom stereocenters. The van der Waals surface area contributed by atoms with Crippen LogP contribution in [0.3, 0.4) is 0 Å². The van der Waals surface area contributed by atoms with Gasteiger partial charge in [-0.25, -0.2) is 4.98 Å². The number of aromatic nitrogens is 1. The van der Waals surface area contributed by atoms with Crippen LogP contribution in [0, 0.1) is 0 Å². The van der Waals surface area contributed by atoms with E-state index in [1.165, 1.54) is 7.11 Å². The van der Waals surface area contributed by atoms with Crippen molar-refractivity contribution in [3.63, 3.8) is 0 Å². The second-order valence-corrected chi connectivity index (χ2v) is 5.53. The molecule has 0 N–H and O–H groups in total. The Bertz CT molecular complexity index is 592. The molecule has 2 amide bonds. The molecule has 7 heteroatoms. The lowest BCUT2D eigenvalue weighted by Crippen LogP contribution is -2.43. The minimum absolute atomic E-state index is 0.0624. The number of fused-ring (bicyclic) bond motifs is 1. The van der Waals surface area contributed by atoms with Gasteiger partial charge in [0.25, 0.3) is 5.91 Å². The van der Waals surface area contributed by atoms with Crippen molar-refractivity contribution < 1.29 is 19.1 Å². The number of likely N-dealkylation sites (tertiary alicyclic amines) is 1. The first-order valence-corrected chi connectivity index (χ1v) is 7.26. The number of ether oxygens (including phenoxy) is 2. The third-order valence-electron chi connectivity index (χ3n) is 4.25. The van der Waals surface area contributed by atoms with Gasteiger partial charge in [-0.2, -0.15) is 0 Å². The highest BCUT2D eigenvalue weighted by Crippen LogP contribution is 2.24. The van der Waals surface area contributed by atoms with Crippen LogP contribution in [0.15, 0.2) is 18.3 Å². The van der Waals surface area contributed by atoms with Crippen molar-refractivity contribution in [3.05, 3.63) is 23.9 Å². The third-order valence-corrected chi connectivity index (χ3v) is 4.25. The Kier molecular flexibility index (Phi) is 3.98. The Labute approximate surface area is 128 Å². The zero-order chi connectivity index (χ0) is 15.7. The lowest BCUT2D eigenvalue weighted by atomic mass is 10.2. The molecule has 2 aliphatic rings. The van der Waals surface area contributed by atoms with Crippen LogP contribution in [0.25, 0.3) is 0 Å². The highest BCUT2D eigenvalue weighted by atomic mass is 16.5. The molecule has 0 saturated carbocycles. The summed E-state index contributed by atoms with van der Waals surface area (Å²) in [6, 6.07) is 3.20. The summed E-state index contributed by atoms with van der Waals surface area (Å²) < 4.78 is 10.8. The molecule has 0 aromatic carbocycles. The number of likely N-dealkylation sites (N-methyl/N-ethyl adjacent to an activating group) is 1. The predicted molar refractivity (Wildman–Crippen MR) is 77.6 cm³/mol. The normalized spacial score (nSPS) is 24.9. The minimum Gasteiger partial charge on any atom is -0.481 e. The fraction of sp³-hybridized carbons (Fsp3) is 0.533. The summed E-state index contributed by atoms with van der Waals surface area (Å²) >= 11 is 0. The highest BCUT2D eigenvalue weighted by molar-refractivity contribution is 5.94. The molecule has 1 aromatic heterocycles. The largest absolute Gasteiger partial charge is 0.481 e. The summed E-state index contributed by atoms with van der Waals surface area (Å²) in [5.41, 5.74) is 0.525. The molecule has 1 aromatic rings. The lowest BCUT2D eigenvalue weighted by molar-refractivity contribution is -0.131. The van der Waals surface area contributed by atoms with Crippen molar-refractivity contribution >= 4 is 11.8 Å². The van der Waals surface area contributed by atoms with E-state index in [0.717, 1.165) is 0 Å². The van der Waals surface area contributed by atoms with Crippen molar-refractivity contribution in [1.29, 1.82) is 0 Å². The molecule has 0 bridgehead atoms. The molecule has 0 spiro atoms. The summed E-state index contributed by atoms with van der Waals surface area (Å²) in [6.07, 6.45) is 1.83. The smallest absolute Gasteiger partial charge is 0.254 e. The van der Waals surface area contributed by atoms with Gasteiger partial charge in [-0.1, -0.05) is 0 Å². The quantitative estimate of drug-likeness (QED) is 0.778. The second kappa shape index (κ2) is 5.92. The Morgan fingerprint density at radius 3 is 3.05 bits per heavy atom. The summed E-state index contributed by atoms with van der Waals surface area (Å²) in [4.78, 5) is 32.0. The molecule has 7 nitrogen and oxygen atoms in total. The molecule has 3 rings (SSSR count). The molecule has 22 heavy (non-hydrogen) atoms. The van der Waals surface area contributed by atoms with E-state index >= 15 is 0 Å². The first-order valence-electron chi connectivity index (χ1n) is 7.26. The summed E-state index contributed by atoms with van der Waals surface area (Å²) in [5, 5.41) is 0. The number of hydrogen-bond acceptors (Lipinski definition) is 5. The van der Waals surface area contributed by atoms with Crippen LogP contribution in [0.2, 0.25) is 0 Å². The van der Waals surface area contributed by atoms with Crippen LogP contribution >= 0.6 is 0 Å². The fourth-order valence-corrected chi connectivity index (χ4v) is 2.95. The van der Waals surface area contributed by atoms with Gasteiger partial charge in [0.05, 0.1) is 32.3 Å². The first-order chi connectivity index (χ1) is 10.6. The number of carbonyl (C=O) groups is 2. The van der Waals surface area contributed by atoms with E-state index in [1.807, 2.05) is 0 Å². The van der Waals surface area contributed by atoms with Crippen molar-refractivity contribution in [2.24, 2.45) is 0 Å². The monoisotopic (exact) mass is 305 g/mol. The molecular weight excluding hydrogens is 286 g/mol. The molecule has 2 fully saturated rings. The van der Waals surface area contributed by atoms with E-state index in [2.05, 4.69) is 4.98 Å². The number of hydrogen-bond donors (Lipinski definition) is 0. The maximum atomic E-state index is 12.6. The van der Waals surface area contributed by atoms with Crippen molar-refractivity contribution in [3.8, 4) is 5.88 Å². The third kappa shape index (κ3) is 2.64. The van der Waals surface area contributed by atoms with E-state index in [9.17, 15) is 9.59 Å². The minimum atomic E-state index is -0.121. The maximum Gasteiger partial charge on any atom is 0.254 e. The van der Waals surface area contributed by atoms with Gasteiger partial charge in [0.15, 0.2) is 0 Å². The Balaban J connectivity index is 1.76. The van der Waals surface area contributed by atoms with Crippen molar-refractivity contribution in [2.75, 3.05) is 33.9 Å².